The molecule has 174 valence electrons. The molecule has 0 spiro atoms. The Labute approximate surface area is 208 Å². The normalized spacial score (nSPS) is 10.7. The number of nitrogens with one attached hydrogen (secondary N) is 1. The van der Waals surface area contributed by atoms with Gasteiger partial charge in [-0.25, -0.2) is 4.68 Å². The Morgan fingerprint density at radius 1 is 1.00 bits per heavy atom. The van der Waals surface area contributed by atoms with Crippen LogP contribution in [0.2, 0.25) is 10.0 Å². The average Bonchev–Trinajstić information content (AvgIpc) is 3.30. The van der Waals surface area contributed by atoms with Crippen molar-refractivity contribution in [2.75, 3.05) is 5.32 Å². The molecule has 3 aromatic carbocycles. The van der Waals surface area contributed by atoms with Crippen molar-refractivity contribution in [3.63, 3.8) is 0 Å². The van der Waals surface area contributed by atoms with Gasteiger partial charge in [0.15, 0.2) is 6.73 Å². The highest BCUT2D eigenvalue weighted by Gasteiger charge is 2.10. The molecular formula is C26H23Cl2N3O3. The molecule has 0 unspecified atom stereocenters. The summed E-state index contributed by atoms with van der Waals surface area (Å²) in [5, 5.41) is 8.06. The van der Waals surface area contributed by atoms with Crippen LogP contribution in [-0.4, -0.2) is 15.7 Å². The van der Waals surface area contributed by atoms with Gasteiger partial charge in [0.05, 0.1) is 23.1 Å². The Bertz CT molecular complexity index is 1270. The number of nitrogens with zero attached hydrogens (tertiary/aromatic N) is 2. The van der Waals surface area contributed by atoms with Gasteiger partial charge >= 0.3 is 0 Å². The van der Waals surface area contributed by atoms with Crippen LogP contribution in [0.25, 0.3) is 0 Å². The lowest BCUT2D eigenvalue weighted by Crippen LogP contribution is -2.12. The van der Waals surface area contributed by atoms with Gasteiger partial charge in [-0.15, -0.1) is 0 Å². The van der Waals surface area contributed by atoms with Crippen LogP contribution in [0.4, 0.5) is 5.69 Å². The quantitative estimate of drug-likeness (QED) is 0.283. The third-order valence-corrected chi connectivity index (χ3v) is 5.59. The second-order valence-corrected chi connectivity index (χ2v) is 8.40. The van der Waals surface area contributed by atoms with Crippen molar-refractivity contribution >= 4 is 34.8 Å². The summed E-state index contributed by atoms with van der Waals surface area (Å²) >= 11 is 12.1. The fourth-order valence-corrected chi connectivity index (χ4v) is 3.68. The van der Waals surface area contributed by atoms with E-state index in [-0.39, 0.29) is 19.2 Å². The standard InChI is InChI=1S/C26H23Cl2N3O3/c1-2-18-6-9-23(10-7-18)34-17-31-15-22(14-29-31)30-26(32)20-5-3-4-19(12-20)16-33-25-11-8-21(27)13-24(25)28/h3-15H,2,16-17H2,1H3,(H,30,32). The summed E-state index contributed by atoms with van der Waals surface area (Å²) < 4.78 is 13.1. The number of aromatic nitrogens is 2. The summed E-state index contributed by atoms with van der Waals surface area (Å²) in [5.41, 5.74) is 3.16. The van der Waals surface area contributed by atoms with Crippen molar-refractivity contribution in [3.8, 4) is 11.5 Å². The van der Waals surface area contributed by atoms with Crippen LogP contribution in [0, 0.1) is 0 Å². The van der Waals surface area contributed by atoms with Crippen LogP contribution in [0.5, 0.6) is 11.5 Å². The largest absolute Gasteiger partial charge is 0.487 e. The smallest absolute Gasteiger partial charge is 0.255 e. The molecule has 0 aliphatic rings. The molecule has 0 bridgehead atoms. The van der Waals surface area contributed by atoms with Gasteiger partial charge in [-0.1, -0.05) is 54.4 Å². The molecule has 4 aromatic rings. The predicted octanol–water partition coefficient (Wildman–Crippen LogP) is 6.62. The summed E-state index contributed by atoms with van der Waals surface area (Å²) in [5.74, 6) is 1.04. The van der Waals surface area contributed by atoms with Crippen LogP contribution < -0.4 is 14.8 Å². The van der Waals surface area contributed by atoms with E-state index < -0.39 is 0 Å². The second kappa shape index (κ2) is 11.1. The minimum atomic E-state index is -0.248. The minimum absolute atomic E-state index is 0.238. The van der Waals surface area contributed by atoms with Crippen molar-refractivity contribution in [1.82, 2.24) is 9.78 Å². The lowest BCUT2D eigenvalue weighted by Gasteiger charge is -2.09. The number of carbonyl (C=O) groups excluding carboxylic acids is 1. The number of aryl methyl sites for hydroxylation is 1. The van der Waals surface area contributed by atoms with Crippen molar-refractivity contribution < 1.29 is 14.3 Å². The van der Waals surface area contributed by atoms with Gasteiger partial charge < -0.3 is 14.8 Å². The highest BCUT2D eigenvalue weighted by Crippen LogP contribution is 2.28. The molecule has 0 fully saturated rings. The molecule has 0 aliphatic carbocycles. The lowest BCUT2D eigenvalue weighted by molar-refractivity contribution is 0.102. The van der Waals surface area contributed by atoms with Crippen LogP contribution in [-0.2, 0) is 19.8 Å². The second-order valence-electron chi connectivity index (χ2n) is 7.56. The molecule has 1 N–H and O–H groups in total. The summed E-state index contributed by atoms with van der Waals surface area (Å²) in [6, 6.07) is 20.2. The van der Waals surface area contributed by atoms with Crippen molar-refractivity contribution in [2.24, 2.45) is 0 Å². The van der Waals surface area contributed by atoms with E-state index in [0.717, 1.165) is 17.7 Å². The van der Waals surface area contributed by atoms with Crippen molar-refractivity contribution in [3.05, 3.63) is 106 Å². The van der Waals surface area contributed by atoms with Gasteiger partial charge in [-0.3, -0.25) is 4.79 Å². The first-order valence-corrected chi connectivity index (χ1v) is 11.5. The number of benzene rings is 3. The summed E-state index contributed by atoms with van der Waals surface area (Å²) in [6.45, 7) is 2.61. The van der Waals surface area contributed by atoms with E-state index in [1.807, 2.05) is 30.3 Å². The summed E-state index contributed by atoms with van der Waals surface area (Å²) in [7, 11) is 0. The highest BCUT2D eigenvalue weighted by atomic mass is 35.5. The van der Waals surface area contributed by atoms with Crippen LogP contribution in [0.15, 0.2) is 79.1 Å². The van der Waals surface area contributed by atoms with Crippen molar-refractivity contribution in [1.29, 1.82) is 0 Å². The van der Waals surface area contributed by atoms with E-state index in [1.54, 1.807) is 53.5 Å². The minimum Gasteiger partial charge on any atom is -0.487 e. The monoisotopic (exact) mass is 495 g/mol. The zero-order chi connectivity index (χ0) is 23.9. The fraction of sp³-hybridized carbons (Fsp3) is 0.154. The molecule has 6 nitrogen and oxygen atoms in total. The molecule has 1 amide bonds. The predicted molar refractivity (Wildman–Crippen MR) is 134 cm³/mol. The van der Waals surface area contributed by atoms with Crippen molar-refractivity contribution in [2.45, 2.75) is 26.7 Å². The van der Waals surface area contributed by atoms with E-state index in [1.165, 1.54) is 5.56 Å². The third-order valence-electron chi connectivity index (χ3n) is 5.06. The van der Waals surface area contributed by atoms with Gasteiger partial charge in [-0.05, 0) is 60.0 Å². The van der Waals surface area contributed by atoms with Gasteiger partial charge in [0.1, 0.15) is 18.1 Å². The molecule has 0 aliphatic heterocycles. The Morgan fingerprint density at radius 2 is 1.82 bits per heavy atom. The molecule has 1 aromatic heterocycles. The van der Waals surface area contributed by atoms with Gasteiger partial charge in [0, 0.05) is 10.6 Å². The molecule has 34 heavy (non-hydrogen) atoms. The van der Waals surface area contributed by atoms with Gasteiger partial charge in [0.2, 0.25) is 0 Å². The first kappa shape index (κ1) is 23.7. The topological polar surface area (TPSA) is 65.4 Å². The Balaban J connectivity index is 1.32. The number of amides is 1. The molecule has 0 radical (unpaired) electrons. The molecule has 0 saturated heterocycles. The number of ether oxygens (including phenoxy) is 2. The van der Waals surface area contributed by atoms with E-state index in [2.05, 4.69) is 17.3 Å². The third kappa shape index (κ3) is 6.31. The van der Waals surface area contributed by atoms with E-state index in [4.69, 9.17) is 32.7 Å². The van der Waals surface area contributed by atoms with Crippen LogP contribution in [0.3, 0.4) is 0 Å². The number of hydrogen-bond acceptors (Lipinski definition) is 4. The van der Waals surface area contributed by atoms with E-state index in [9.17, 15) is 4.79 Å². The van der Waals surface area contributed by atoms with Gasteiger partial charge in [0.25, 0.3) is 5.91 Å². The summed E-state index contributed by atoms with van der Waals surface area (Å²) in [6.07, 6.45) is 4.28. The molecule has 0 saturated carbocycles. The molecule has 1 heterocycles. The highest BCUT2D eigenvalue weighted by molar-refractivity contribution is 6.35. The van der Waals surface area contributed by atoms with E-state index in [0.29, 0.717) is 27.0 Å². The Morgan fingerprint density at radius 3 is 2.59 bits per heavy atom. The maximum absolute atomic E-state index is 12.7. The van der Waals surface area contributed by atoms with Crippen LogP contribution in [0.1, 0.15) is 28.4 Å². The molecule has 0 atom stereocenters. The Kier molecular flexibility index (Phi) is 7.72. The fourth-order valence-electron chi connectivity index (χ4n) is 3.22. The van der Waals surface area contributed by atoms with E-state index >= 15 is 0 Å². The summed E-state index contributed by atoms with van der Waals surface area (Å²) in [4.78, 5) is 12.7. The SMILES string of the molecule is CCc1ccc(OCn2cc(NC(=O)c3cccc(COc4ccc(Cl)cc4Cl)c3)cn2)cc1. The molecule has 4 rings (SSSR count). The maximum Gasteiger partial charge on any atom is 0.255 e. The number of rotatable bonds is 9. The zero-order valence-electron chi connectivity index (χ0n) is 18.5. The first-order valence-electron chi connectivity index (χ1n) is 10.7. The number of hydrogen-bond donors (Lipinski definition) is 1. The maximum atomic E-state index is 12.7. The zero-order valence-corrected chi connectivity index (χ0v) is 20.0. The molecule has 8 heteroatoms. The average molecular weight is 496 g/mol. The number of anilines is 1. The first-order chi connectivity index (χ1) is 16.5. The van der Waals surface area contributed by atoms with Gasteiger partial charge in [-0.2, -0.15) is 5.10 Å². The Hall–Kier alpha value is -3.48. The number of halogens is 2. The number of carbonyl (C=O) groups is 1. The lowest BCUT2D eigenvalue weighted by atomic mass is 10.1. The van der Waals surface area contributed by atoms with Crippen LogP contribution >= 0.6 is 23.2 Å². The molecular weight excluding hydrogens is 473 g/mol.